The van der Waals surface area contributed by atoms with Crippen LogP contribution in [0, 0.1) is 0 Å². The second-order valence-electron chi connectivity index (χ2n) is 1.46. The van der Waals surface area contributed by atoms with E-state index in [-0.39, 0.29) is 11.3 Å². The van der Waals surface area contributed by atoms with Crippen LogP contribution in [0.25, 0.3) is 0 Å². The van der Waals surface area contributed by atoms with Crippen molar-refractivity contribution in [2.45, 2.75) is 12.3 Å². The SMILES string of the molecule is C=CC(=O)NC(C)SS. The minimum atomic E-state index is -0.163. The first kappa shape index (κ1) is 8.91. The van der Waals surface area contributed by atoms with E-state index in [1.165, 1.54) is 16.9 Å². The number of carbonyl (C=O) groups is 1. The Labute approximate surface area is 63.9 Å². The molecule has 0 bridgehead atoms. The molecular weight excluding hydrogens is 154 g/mol. The first-order valence-corrected chi connectivity index (χ1v) is 4.37. The van der Waals surface area contributed by atoms with Gasteiger partial charge in [-0.25, -0.2) is 0 Å². The molecule has 0 aromatic heterocycles. The lowest BCUT2D eigenvalue weighted by atomic mass is 10.5. The molecule has 0 rings (SSSR count). The third-order valence-corrected chi connectivity index (χ3v) is 2.07. The molecule has 0 aromatic rings. The van der Waals surface area contributed by atoms with E-state index in [0.717, 1.165) is 0 Å². The van der Waals surface area contributed by atoms with E-state index >= 15 is 0 Å². The maximum absolute atomic E-state index is 10.5. The van der Waals surface area contributed by atoms with Gasteiger partial charge in [0.1, 0.15) is 0 Å². The molecule has 0 heterocycles. The Balaban J connectivity index is 3.46. The average molecular weight is 163 g/mol. The average Bonchev–Trinajstić information content (AvgIpc) is 1.87. The standard InChI is InChI=1S/C5H9NOS2/c1-3-5(7)6-4(2)9-8/h3-4,8H,1H2,2H3,(H,6,7). The van der Waals surface area contributed by atoms with Crippen molar-refractivity contribution in [1.82, 2.24) is 5.32 Å². The fourth-order valence-corrected chi connectivity index (χ4v) is 0.613. The summed E-state index contributed by atoms with van der Waals surface area (Å²) in [5.74, 6) is -0.163. The molecule has 1 atom stereocenters. The molecule has 0 radical (unpaired) electrons. The Morgan fingerprint density at radius 3 is 2.89 bits per heavy atom. The summed E-state index contributed by atoms with van der Waals surface area (Å²) in [6, 6.07) is 0. The summed E-state index contributed by atoms with van der Waals surface area (Å²) in [4.78, 5) is 10.5. The minimum Gasteiger partial charge on any atom is -0.340 e. The zero-order valence-corrected chi connectivity index (χ0v) is 6.84. The second-order valence-corrected chi connectivity index (χ2v) is 3.01. The molecule has 0 saturated heterocycles. The van der Waals surface area contributed by atoms with Crippen molar-refractivity contribution >= 4 is 28.4 Å². The molecule has 0 fully saturated rings. The van der Waals surface area contributed by atoms with E-state index in [2.05, 4.69) is 23.6 Å². The van der Waals surface area contributed by atoms with Gasteiger partial charge in [0.2, 0.25) is 5.91 Å². The monoisotopic (exact) mass is 163 g/mol. The summed E-state index contributed by atoms with van der Waals surface area (Å²) in [7, 11) is 1.28. The maximum Gasteiger partial charge on any atom is 0.244 e. The normalized spacial score (nSPS) is 12.2. The second kappa shape index (κ2) is 4.76. The van der Waals surface area contributed by atoms with Gasteiger partial charge >= 0.3 is 0 Å². The van der Waals surface area contributed by atoms with Gasteiger partial charge in [0.15, 0.2) is 0 Å². The van der Waals surface area contributed by atoms with E-state index in [9.17, 15) is 4.79 Å². The number of carbonyl (C=O) groups excluding carboxylic acids is 1. The van der Waals surface area contributed by atoms with Crippen LogP contribution in [0.4, 0.5) is 0 Å². The van der Waals surface area contributed by atoms with E-state index in [4.69, 9.17) is 0 Å². The van der Waals surface area contributed by atoms with Gasteiger partial charge in [-0.1, -0.05) is 17.4 Å². The highest BCUT2D eigenvalue weighted by molar-refractivity contribution is 8.68. The lowest BCUT2D eigenvalue weighted by Gasteiger charge is -2.06. The highest BCUT2D eigenvalue weighted by Gasteiger charge is 1.99. The number of thiol groups is 1. The molecule has 0 aliphatic rings. The van der Waals surface area contributed by atoms with Gasteiger partial charge in [-0.3, -0.25) is 4.79 Å². The molecule has 0 spiro atoms. The fraction of sp³-hybridized carbons (Fsp3) is 0.400. The number of nitrogens with one attached hydrogen (secondary N) is 1. The van der Waals surface area contributed by atoms with Gasteiger partial charge in [0.25, 0.3) is 0 Å². The molecule has 9 heavy (non-hydrogen) atoms. The van der Waals surface area contributed by atoms with Crippen LogP contribution in [0.15, 0.2) is 12.7 Å². The number of amides is 1. The van der Waals surface area contributed by atoms with Gasteiger partial charge in [-0.2, -0.15) is 0 Å². The van der Waals surface area contributed by atoms with Crippen molar-refractivity contribution in [2.75, 3.05) is 0 Å². The lowest BCUT2D eigenvalue weighted by Crippen LogP contribution is -2.27. The topological polar surface area (TPSA) is 29.1 Å². The van der Waals surface area contributed by atoms with Crippen molar-refractivity contribution in [3.8, 4) is 0 Å². The van der Waals surface area contributed by atoms with Crippen molar-refractivity contribution in [3.05, 3.63) is 12.7 Å². The highest BCUT2D eigenvalue weighted by Crippen LogP contribution is 2.10. The van der Waals surface area contributed by atoms with Crippen molar-refractivity contribution < 1.29 is 4.79 Å². The van der Waals surface area contributed by atoms with Crippen LogP contribution < -0.4 is 5.32 Å². The van der Waals surface area contributed by atoms with Crippen LogP contribution in [-0.2, 0) is 4.79 Å². The Kier molecular flexibility index (Phi) is 4.71. The van der Waals surface area contributed by atoms with Crippen molar-refractivity contribution in [3.63, 3.8) is 0 Å². The number of hydrogen-bond acceptors (Lipinski definition) is 3. The van der Waals surface area contributed by atoms with Crippen molar-refractivity contribution in [1.29, 1.82) is 0 Å². The Hall–Kier alpha value is -0.0900. The summed E-state index contributed by atoms with van der Waals surface area (Å²) in [5, 5.41) is 2.65. The molecule has 0 aliphatic carbocycles. The lowest BCUT2D eigenvalue weighted by molar-refractivity contribution is -0.116. The number of rotatable bonds is 3. The van der Waals surface area contributed by atoms with Crippen molar-refractivity contribution in [2.24, 2.45) is 0 Å². The van der Waals surface area contributed by atoms with E-state index in [0.29, 0.717) is 0 Å². The minimum absolute atomic E-state index is 0.0406. The molecule has 4 heteroatoms. The maximum atomic E-state index is 10.5. The predicted octanol–water partition coefficient (Wildman–Crippen LogP) is 1.21. The molecule has 1 amide bonds. The summed E-state index contributed by atoms with van der Waals surface area (Å²) < 4.78 is 0. The molecule has 1 unspecified atom stereocenters. The van der Waals surface area contributed by atoms with Crippen LogP contribution in [0.2, 0.25) is 0 Å². The molecule has 2 nitrogen and oxygen atoms in total. The first-order chi connectivity index (χ1) is 4.20. The van der Waals surface area contributed by atoms with Gasteiger partial charge in [0, 0.05) is 0 Å². The van der Waals surface area contributed by atoms with Crippen LogP contribution in [0.1, 0.15) is 6.92 Å². The van der Waals surface area contributed by atoms with E-state index in [1.807, 2.05) is 6.92 Å². The Bertz CT molecular complexity index is 116. The van der Waals surface area contributed by atoms with E-state index in [1.54, 1.807) is 0 Å². The molecular formula is C5H9NOS2. The molecule has 52 valence electrons. The molecule has 0 saturated carbocycles. The largest absolute Gasteiger partial charge is 0.340 e. The third kappa shape index (κ3) is 4.42. The van der Waals surface area contributed by atoms with Gasteiger partial charge in [-0.15, -0.1) is 11.7 Å². The smallest absolute Gasteiger partial charge is 0.244 e. The quantitative estimate of drug-likeness (QED) is 0.283. The zero-order valence-electron chi connectivity index (χ0n) is 5.13. The first-order valence-electron chi connectivity index (χ1n) is 2.44. The van der Waals surface area contributed by atoms with Gasteiger partial charge in [0.05, 0.1) is 5.37 Å². The zero-order chi connectivity index (χ0) is 7.28. The fourth-order valence-electron chi connectivity index (χ4n) is 0.286. The summed E-state index contributed by atoms with van der Waals surface area (Å²) in [6.45, 7) is 5.15. The molecule has 0 aliphatic heterocycles. The molecule has 0 aromatic carbocycles. The molecule has 1 N–H and O–H groups in total. The number of hydrogen-bond donors (Lipinski definition) is 2. The van der Waals surface area contributed by atoms with Crippen LogP contribution in [-0.4, -0.2) is 11.3 Å². The summed E-state index contributed by atoms with van der Waals surface area (Å²) in [5.41, 5.74) is 0. The summed E-state index contributed by atoms with van der Waals surface area (Å²) >= 11 is 3.90. The van der Waals surface area contributed by atoms with Gasteiger partial charge in [-0.05, 0) is 13.0 Å². The van der Waals surface area contributed by atoms with Gasteiger partial charge < -0.3 is 5.32 Å². The van der Waals surface area contributed by atoms with Crippen LogP contribution in [0.3, 0.4) is 0 Å². The Morgan fingerprint density at radius 2 is 2.56 bits per heavy atom. The Morgan fingerprint density at radius 1 is 2.00 bits per heavy atom. The predicted molar refractivity (Wildman–Crippen MR) is 44.4 cm³/mol. The van der Waals surface area contributed by atoms with Crippen LogP contribution in [0.5, 0.6) is 0 Å². The van der Waals surface area contributed by atoms with Crippen LogP contribution >= 0.6 is 22.5 Å². The summed E-state index contributed by atoms with van der Waals surface area (Å²) in [6.07, 6.45) is 1.24. The highest BCUT2D eigenvalue weighted by atomic mass is 33.1. The third-order valence-electron chi connectivity index (χ3n) is 0.689. The van der Waals surface area contributed by atoms with E-state index < -0.39 is 0 Å².